The molecule has 1 fully saturated rings. The second-order valence-corrected chi connectivity index (χ2v) is 9.30. The van der Waals surface area contributed by atoms with E-state index >= 15 is 0 Å². The van der Waals surface area contributed by atoms with Crippen molar-refractivity contribution < 1.29 is 9.90 Å². The van der Waals surface area contributed by atoms with Gasteiger partial charge in [-0.2, -0.15) is 4.98 Å². The highest BCUT2D eigenvalue weighted by molar-refractivity contribution is 5.95. The number of benzene rings is 2. The number of hydrogen-bond donors (Lipinski definition) is 2. The first-order chi connectivity index (χ1) is 17.1. The zero-order chi connectivity index (χ0) is 24.4. The van der Waals surface area contributed by atoms with Crippen LogP contribution in [0, 0.1) is 0 Å². The second kappa shape index (κ2) is 9.98. The number of nitrogens with one attached hydrogen (secondary N) is 1. The number of anilines is 3. The number of carbonyl (C=O) groups excluding carboxylic acids is 1. The van der Waals surface area contributed by atoms with Crippen molar-refractivity contribution in [2.45, 2.75) is 39.7 Å². The number of aromatic hydroxyl groups is 1. The molecule has 8 heteroatoms. The van der Waals surface area contributed by atoms with E-state index in [9.17, 15) is 9.90 Å². The lowest BCUT2D eigenvalue weighted by Crippen LogP contribution is -2.49. The molecule has 0 bridgehead atoms. The van der Waals surface area contributed by atoms with Crippen LogP contribution in [0.1, 0.15) is 37.9 Å². The Balaban J connectivity index is 1.46. The van der Waals surface area contributed by atoms with E-state index in [0.717, 1.165) is 80.1 Å². The van der Waals surface area contributed by atoms with Crippen LogP contribution in [0.2, 0.25) is 0 Å². The standard InChI is InChI=1S/C27H34N6O2/c1-3-10-28-27-29-23-18-33(24-17-20(34)16-19-7-5-6-8-21(19)24)11-9-22(23)26(30-27)32-14-12-31(13-15-32)25(35)4-2/h5-8,16-17,34H,3-4,9-15,18H2,1-2H3,(H,28,29,30). The molecule has 1 aromatic heterocycles. The first-order valence-electron chi connectivity index (χ1n) is 12.7. The molecule has 3 aromatic rings. The minimum absolute atomic E-state index is 0.216. The number of amides is 1. The molecule has 8 nitrogen and oxygen atoms in total. The molecule has 0 atom stereocenters. The van der Waals surface area contributed by atoms with Gasteiger partial charge in [0.15, 0.2) is 0 Å². The fourth-order valence-electron chi connectivity index (χ4n) is 5.12. The van der Waals surface area contributed by atoms with Crippen molar-refractivity contribution in [2.75, 3.05) is 54.4 Å². The van der Waals surface area contributed by atoms with Crippen molar-refractivity contribution in [3.05, 3.63) is 47.7 Å². The van der Waals surface area contributed by atoms with Crippen LogP contribution in [0.15, 0.2) is 36.4 Å². The van der Waals surface area contributed by atoms with Crippen LogP contribution in [0.5, 0.6) is 5.75 Å². The highest BCUT2D eigenvalue weighted by Crippen LogP contribution is 2.36. The summed E-state index contributed by atoms with van der Waals surface area (Å²) in [6, 6.07) is 11.8. The van der Waals surface area contributed by atoms with Crippen LogP contribution in [0.4, 0.5) is 17.5 Å². The number of rotatable bonds is 6. The lowest BCUT2D eigenvalue weighted by atomic mass is 10.0. The van der Waals surface area contributed by atoms with Gasteiger partial charge in [-0.25, -0.2) is 4.98 Å². The van der Waals surface area contributed by atoms with E-state index in [1.807, 2.05) is 42.2 Å². The Kier molecular flexibility index (Phi) is 6.61. The molecule has 2 N–H and O–H groups in total. The fraction of sp³-hybridized carbons (Fsp3) is 0.444. The molecule has 0 unspecified atom stereocenters. The summed E-state index contributed by atoms with van der Waals surface area (Å²) in [5.41, 5.74) is 3.25. The number of phenols is 1. The van der Waals surface area contributed by atoms with E-state index in [-0.39, 0.29) is 11.7 Å². The van der Waals surface area contributed by atoms with E-state index in [0.29, 0.717) is 18.9 Å². The van der Waals surface area contributed by atoms with Crippen LogP contribution < -0.4 is 15.1 Å². The number of carbonyl (C=O) groups is 1. The Bertz CT molecular complexity index is 1220. The molecule has 2 aromatic carbocycles. The molecule has 0 aliphatic carbocycles. The van der Waals surface area contributed by atoms with Crippen molar-refractivity contribution in [3.63, 3.8) is 0 Å². The van der Waals surface area contributed by atoms with E-state index in [1.54, 1.807) is 0 Å². The maximum Gasteiger partial charge on any atom is 0.224 e. The SMILES string of the molecule is CCCNc1nc2c(c(N3CCN(C(=O)CC)CC3)n1)CCN(c1cc(O)cc3ccccc13)C2. The number of fused-ring (bicyclic) bond motifs is 2. The molecule has 3 heterocycles. The van der Waals surface area contributed by atoms with Crippen LogP contribution in [-0.4, -0.2) is 65.2 Å². The smallest absolute Gasteiger partial charge is 0.224 e. The molecule has 5 rings (SSSR count). The quantitative estimate of drug-likeness (QED) is 0.562. The van der Waals surface area contributed by atoms with E-state index < -0.39 is 0 Å². The van der Waals surface area contributed by atoms with Gasteiger partial charge in [0, 0.05) is 68.4 Å². The van der Waals surface area contributed by atoms with Gasteiger partial charge in [0.1, 0.15) is 11.6 Å². The topological polar surface area (TPSA) is 84.8 Å². The maximum absolute atomic E-state index is 12.2. The number of piperazine rings is 1. The third-order valence-electron chi connectivity index (χ3n) is 6.98. The minimum atomic E-state index is 0.216. The molecular weight excluding hydrogens is 440 g/mol. The zero-order valence-corrected chi connectivity index (χ0v) is 20.6. The monoisotopic (exact) mass is 474 g/mol. The normalized spacial score (nSPS) is 15.9. The molecular formula is C27H34N6O2. The summed E-state index contributed by atoms with van der Waals surface area (Å²) in [5.74, 6) is 2.15. The molecule has 0 saturated carbocycles. The average Bonchev–Trinajstić information content (AvgIpc) is 2.90. The molecule has 0 spiro atoms. The summed E-state index contributed by atoms with van der Waals surface area (Å²) in [5, 5.41) is 15.9. The van der Waals surface area contributed by atoms with Gasteiger partial charge < -0.3 is 25.1 Å². The molecule has 184 valence electrons. The first kappa shape index (κ1) is 23.2. The molecule has 35 heavy (non-hydrogen) atoms. The minimum Gasteiger partial charge on any atom is -0.508 e. The van der Waals surface area contributed by atoms with Crippen molar-refractivity contribution in [3.8, 4) is 5.75 Å². The summed E-state index contributed by atoms with van der Waals surface area (Å²) in [6.45, 7) is 9.37. The van der Waals surface area contributed by atoms with Crippen LogP contribution in [0.25, 0.3) is 10.8 Å². The van der Waals surface area contributed by atoms with Gasteiger partial charge in [-0.1, -0.05) is 38.1 Å². The van der Waals surface area contributed by atoms with Gasteiger partial charge in [0.2, 0.25) is 11.9 Å². The number of hydrogen-bond acceptors (Lipinski definition) is 7. The van der Waals surface area contributed by atoms with Gasteiger partial charge in [-0.05, 0) is 24.3 Å². The van der Waals surface area contributed by atoms with Gasteiger partial charge in [0.05, 0.1) is 12.2 Å². The Hall–Kier alpha value is -3.55. The molecule has 1 amide bonds. The van der Waals surface area contributed by atoms with Crippen LogP contribution in [-0.2, 0) is 17.8 Å². The molecule has 2 aliphatic rings. The van der Waals surface area contributed by atoms with E-state index in [1.165, 1.54) is 5.56 Å². The zero-order valence-electron chi connectivity index (χ0n) is 20.6. The second-order valence-electron chi connectivity index (χ2n) is 9.30. The van der Waals surface area contributed by atoms with Crippen LogP contribution in [0.3, 0.4) is 0 Å². The molecule has 1 saturated heterocycles. The Morgan fingerprint density at radius 2 is 1.83 bits per heavy atom. The summed E-state index contributed by atoms with van der Waals surface area (Å²) in [6.07, 6.45) is 2.37. The highest BCUT2D eigenvalue weighted by Gasteiger charge is 2.28. The average molecular weight is 475 g/mol. The van der Waals surface area contributed by atoms with Crippen molar-refractivity contribution in [2.24, 2.45) is 0 Å². The van der Waals surface area contributed by atoms with Crippen molar-refractivity contribution in [1.82, 2.24) is 14.9 Å². The lowest BCUT2D eigenvalue weighted by molar-refractivity contribution is -0.131. The van der Waals surface area contributed by atoms with Crippen molar-refractivity contribution in [1.29, 1.82) is 0 Å². The summed E-state index contributed by atoms with van der Waals surface area (Å²) >= 11 is 0. The number of phenolic OH excluding ortho intramolecular Hbond substituents is 1. The van der Waals surface area contributed by atoms with Gasteiger partial charge in [-0.3, -0.25) is 4.79 Å². The first-order valence-corrected chi connectivity index (χ1v) is 12.7. The van der Waals surface area contributed by atoms with Gasteiger partial charge >= 0.3 is 0 Å². The fourth-order valence-corrected chi connectivity index (χ4v) is 5.12. The summed E-state index contributed by atoms with van der Waals surface area (Å²) < 4.78 is 0. The molecule has 2 aliphatic heterocycles. The Morgan fingerprint density at radius 3 is 2.60 bits per heavy atom. The number of nitrogens with zero attached hydrogens (tertiary/aromatic N) is 5. The third kappa shape index (κ3) is 4.70. The van der Waals surface area contributed by atoms with Crippen molar-refractivity contribution >= 4 is 34.1 Å². The van der Waals surface area contributed by atoms with E-state index in [2.05, 4.69) is 28.1 Å². The molecule has 0 radical (unpaired) electrons. The Morgan fingerprint density at radius 1 is 1.03 bits per heavy atom. The lowest BCUT2D eigenvalue weighted by Gasteiger charge is -2.38. The summed E-state index contributed by atoms with van der Waals surface area (Å²) in [7, 11) is 0. The Labute approximate surface area is 206 Å². The van der Waals surface area contributed by atoms with Gasteiger partial charge in [0.25, 0.3) is 0 Å². The third-order valence-corrected chi connectivity index (χ3v) is 6.98. The van der Waals surface area contributed by atoms with E-state index in [4.69, 9.17) is 9.97 Å². The maximum atomic E-state index is 12.2. The number of aromatic nitrogens is 2. The predicted octanol–water partition coefficient (Wildman–Crippen LogP) is 3.78. The van der Waals surface area contributed by atoms with Gasteiger partial charge in [-0.15, -0.1) is 0 Å². The summed E-state index contributed by atoms with van der Waals surface area (Å²) in [4.78, 5) is 28.6. The van der Waals surface area contributed by atoms with Crippen LogP contribution >= 0.6 is 0 Å². The predicted molar refractivity (Wildman–Crippen MR) is 140 cm³/mol. The highest BCUT2D eigenvalue weighted by atomic mass is 16.3. The largest absolute Gasteiger partial charge is 0.508 e.